The molecule has 1 rings (SSSR count). The number of hydrogen-bond donors (Lipinski definition) is 0. The van der Waals surface area contributed by atoms with Gasteiger partial charge in [-0.15, -0.1) is 0 Å². The van der Waals surface area contributed by atoms with Crippen LogP contribution in [-0.2, 0) is 0 Å². The van der Waals surface area contributed by atoms with Gasteiger partial charge in [-0.3, -0.25) is 4.98 Å². The zero-order valence-corrected chi connectivity index (χ0v) is 8.96. The van der Waals surface area contributed by atoms with Crippen molar-refractivity contribution in [2.75, 3.05) is 0 Å². The summed E-state index contributed by atoms with van der Waals surface area (Å²) in [6.07, 6.45) is 7.48. The van der Waals surface area contributed by atoms with Crippen LogP contribution in [0.15, 0.2) is 18.5 Å². The molecule has 0 spiro atoms. The SMILES string of the molecule is CCCC(CCC)c1cnccc1F. The highest BCUT2D eigenvalue weighted by Gasteiger charge is 2.13. The summed E-state index contributed by atoms with van der Waals surface area (Å²) in [4.78, 5) is 3.99. The van der Waals surface area contributed by atoms with Crippen LogP contribution in [0.25, 0.3) is 0 Å². The normalized spacial score (nSPS) is 10.9. The first-order valence-corrected chi connectivity index (χ1v) is 5.39. The van der Waals surface area contributed by atoms with Gasteiger partial charge in [0.2, 0.25) is 0 Å². The second-order valence-electron chi connectivity index (χ2n) is 3.67. The monoisotopic (exact) mass is 195 g/mol. The average Bonchev–Trinajstić information content (AvgIpc) is 2.18. The molecular formula is C12H18FN. The molecule has 2 heteroatoms. The summed E-state index contributed by atoms with van der Waals surface area (Å²) in [5, 5.41) is 0. The molecule has 0 atom stereocenters. The van der Waals surface area contributed by atoms with E-state index in [1.165, 1.54) is 12.3 Å². The van der Waals surface area contributed by atoms with E-state index in [9.17, 15) is 4.39 Å². The fourth-order valence-corrected chi connectivity index (χ4v) is 1.84. The number of halogens is 1. The van der Waals surface area contributed by atoms with E-state index in [1.54, 1.807) is 6.20 Å². The molecule has 0 unspecified atom stereocenters. The van der Waals surface area contributed by atoms with Gasteiger partial charge in [-0.1, -0.05) is 26.7 Å². The second-order valence-corrected chi connectivity index (χ2v) is 3.67. The molecule has 0 bridgehead atoms. The molecule has 0 aliphatic carbocycles. The molecule has 0 aliphatic heterocycles. The lowest BCUT2D eigenvalue weighted by Gasteiger charge is -2.15. The van der Waals surface area contributed by atoms with Crippen LogP contribution in [0.4, 0.5) is 4.39 Å². The van der Waals surface area contributed by atoms with Gasteiger partial charge in [0, 0.05) is 18.0 Å². The Hall–Kier alpha value is -0.920. The molecule has 14 heavy (non-hydrogen) atoms. The van der Waals surface area contributed by atoms with Crippen LogP contribution in [-0.4, -0.2) is 4.98 Å². The molecule has 1 aromatic rings. The quantitative estimate of drug-likeness (QED) is 0.694. The molecule has 1 heterocycles. The molecular weight excluding hydrogens is 177 g/mol. The first-order chi connectivity index (χ1) is 6.79. The van der Waals surface area contributed by atoms with Crippen LogP contribution in [0, 0.1) is 5.82 Å². The van der Waals surface area contributed by atoms with Gasteiger partial charge in [-0.25, -0.2) is 4.39 Å². The molecule has 0 aliphatic rings. The number of aromatic nitrogens is 1. The molecule has 0 aromatic carbocycles. The van der Waals surface area contributed by atoms with Crippen LogP contribution in [0.2, 0.25) is 0 Å². The molecule has 0 amide bonds. The lowest BCUT2D eigenvalue weighted by Crippen LogP contribution is -2.02. The van der Waals surface area contributed by atoms with Crippen molar-refractivity contribution in [3.63, 3.8) is 0 Å². The number of pyridine rings is 1. The van der Waals surface area contributed by atoms with E-state index in [1.807, 2.05) is 0 Å². The lowest BCUT2D eigenvalue weighted by atomic mass is 9.91. The topological polar surface area (TPSA) is 12.9 Å². The van der Waals surface area contributed by atoms with E-state index in [0.29, 0.717) is 5.92 Å². The third-order valence-electron chi connectivity index (χ3n) is 2.51. The Morgan fingerprint density at radius 1 is 1.29 bits per heavy atom. The summed E-state index contributed by atoms with van der Waals surface area (Å²) in [7, 11) is 0. The van der Waals surface area contributed by atoms with Gasteiger partial charge < -0.3 is 0 Å². The predicted octanol–water partition coefficient (Wildman–Crippen LogP) is 3.90. The Morgan fingerprint density at radius 2 is 1.93 bits per heavy atom. The van der Waals surface area contributed by atoms with Crippen molar-refractivity contribution in [3.8, 4) is 0 Å². The van der Waals surface area contributed by atoms with Crippen LogP contribution >= 0.6 is 0 Å². The molecule has 0 fully saturated rings. The zero-order valence-electron chi connectivity index (χ0n) is 8.96. The average molecular weight is 195 g/mol. The van der Waals surface area contributed by atoms with Crippen LogP contribution in [0.3, 0.4) is 0 Å². The molecule has 0 saturated carbocycles. The van der Waals surface area contributed by atoms with Crippen molar-refractivity contribution in [2.45, 2.75) is 45.4 Å². The highest BCUT2D eigenvalue weighted by atomic mass is 19.1. The van der Waals surface area contributed by atoms with Crippen molar-refractivity contribution in [1.29, 1.82) is 0 Å². The largest absolute Gasteiger partial charge is 0.264 e. The number of nitrogens with zero attached hydrogens (tertiary/aromatic N) is 1. The smallest absolute Gasteiger partial charge is 0.129 e. The Balaban J connectivity index is 2.81. The Bertz CT molecular complexity index is 267. The fourth-order valence-electron chi connectivity index (χ4n) is 1.84. The van der Waals surface area contributed by atoms with Gasteiger partial charge >= 0.3 is 0 Å². The third kappa shape index (κ3) is 2.79. The number of hydrogen-bond acceptors (Lipinski definition) is 1. The minimum absolute atomic E-state index is 0.105. The first kappa shape index (κ1) is 11.2. The standard InChI is InChI=1S/C12H18FN/c1-3-5-10(6-4-2)11-9-14-8-7-12(11)13/h7-10H,3-6H2,1-2H3. The highest BCUT2D eigenvalue weighted by Crippen LogP contribution is 2.27. The maximum absolute atomic E-state index is 13.4. The Morgan fingerprint density at radius 3 is 2.43 bits per heavy atom. The maximum atomic E-state index is 13.4. The molecule has 0 radical (unpaired) electrons. The van der Waals surface area contributed by atoms with E-state index in [0.717, 1.165) is 31.2 Å². The summed E-state index contributed by atoms with van der Waals surface area (Å²) >= 11 is 0. The van der Waals surface area contributed by atoms with E-state index < -0.39 is 0 Å². The van der Waals surface area contributed by atoms with Crippen molar-refractivity contribution >= 4 is 0 Å². The van der Waals surface area contributed by atoms with Gasteiger partial charge in [0.15, 0.2) is 0 Å². The zero-order chi connectivity index (χ0) is 10.4. The van der Waals surface area contributed by atoms with E-state index in [2.05, 4.69) is 18.8 Å². The Labute approximate surface area is 85.4 Å². The van der Waals surface area contributed by atoms with Gasteiger partial charge in [0.05, 0.1) is 0 Å². The molecule has 0 N–H and O–H groups in total. The molecule has 1 aromatic heterocycles. The summed E-state index contributed by atoms with van der Waals surface area (Å²) in [5.74, 6) is 0.241. The van der Waals surface area contributed by atoms with Gasteiger partial charge in [0.25, 0.3) is 0 Å². The second kappa shape index (κ2) is 5.74. The maximum Gasteiger partial charge on any atom is 0.129 e. The van der Waals surface area contributed by atoms with Gasteiger partial charge in [0.1, 0.15) is 5.82 Å². The third-order valence-corrected chi connectivity index (χ3v) is 2.51. The minimum atomic E-state index is -0.105. The summed E-state index contributed by atoms with van der Waals surface area (Å²) < 4.78 is 13.4. The molecule has 1 nitrogen and oxygen atoms in total. The van der Waals surface area contributed by atoms with Crippen molar-refractivity contribution in [3.05, 3.63) is 29.8 Å². The molecule has 78 valence electrons. The van der Waals surface area contributed by atoms with Crippen LogP contribution < -0.4 is 0 Å². The Kier molecular flexibility index (Phi) is 4.57. The van der Waals surface area contributed by atoms with Crippen LogP contribution in [0.1, 0.15) is 51.0 Å². The van der Waals surface area contributed by atoms with Crippen molar-refractivity contribution < 1.29 is 4.39 Å². The predicted molar refractivity (Wildman–Crippen MR) is 56.8 cm³/mol. The fraction of sp³-hybridized carbons (Fsp3) is 0.583. The highest BCUT2D eigenvalue weighted by molar-refractivity contribution is 5.16. The van der Waals surface area contributed by atoms with Gasteiger partial charge in [-0.2, -0.15) is 0 Å². The first-order valence-electron chi connectivity index (χ1n) is 5.39. The van der Waals surface area contributed by atoms with Crippen molar-refractivity contribution in [2.24, 2.45) is 0 Å². The molecule has 0 saturated heterocycles. The summed E-state index contributed by atoms with van der Waals surface area (Å²) in [6.45, 7) is 4.27. The van der Waals surface area contributed by atoms with E-state index >= 15 is 0 Å². The van der Waals surface area contributed by atoms with E-state index in [-0.39, 0.29) is 5.82 Å². The van der Waals surface area contributed by atoms with Crippen LogP contribution in [0.5, 0.6) is 0 Å². The summed E-state index contributed by atoms with van der Waals surface area (Å²) in [5.41, 5.74) is 0.788. The summed E-state index contributed by atoms with van der Waals surface area (Å²) in [6, 6.07) is 1.45. The van der Waals surface area contributed by atoms with Crippen molar-refractivity contribution in [1.82, 2.24) is 4.98 Å². The number of rotatable bonds is 5. The van der Waals surface area contributed by atoms with E-state index in [4.69, 9.17) is 0 Å². The minimum Gasteiger partial charge on any atom is -0.264 e. The van der Waals surface area contributed by atoms with Gasteiger partial charge in [-0.05, 0) is 24.8 Å². The lowest BCUT2D eigenvalue weighted by molar-refractivity contribution is 0.517.